The fraction of sp³-hybridized carbons (Fsp3) is 0.158. The first-order chi connectivity index (χ1) is 12.4. The van der Waals surface area contributed by atoms with Crippen molar-refractivity contribution in [2.75, 3.05) is 0 Å². The van der Waals surface area contributed by atoms with E-state index < -0.39 is 24.0 Å². The predicted octanol–water partition coefficient (Wildman–Crippen LogP) is 0.777. The van der Waals surface area contributed by atoms with Crippen molar-refractivity contribution in [3.63, 3.8) is 0 Å². The quantitative estimate of drug-likeness (QED) is 0.316. The van der Waals surface area contributed by atoms with E-state index in [2.05, 4.69) is 17.2 Å². The largest absolute Gasteiger partial charge is 0.508 e. The van der Waals surface area contributed by atoms with E-state index in [0.717, 1.165) is 0 Å². The van der Waals surface area contributed by atoms with Crippen molar-refractivity contribution in [2.45, 2.75) is 19.1 Å². The van der Waals surface area contributed by atoms with Crippen molar-refractivity contribution < 1.29 is 25.0 Å². The molecule has 134 valence electrons. The number of amides is 2. The van der Waals surface area contributed by atoms with E-state index in [4.69, 9.17) is 5.21 Å². The Hall–Kier alpha value is -3.34. The van der Waals surface area contributed by atoms with Gasteiger partial charge in [0.05, 0.1) is 6.10 Å². The molecule has 7 heteroatoms. The van der Waals surface area contributed by atoms with Crippen molar-refractivity contribution >= 4 is 11.8 Å². The number of carbonyl (C=O) groups excluding carboxylic acids is 2. The van der Waals surface area contributed by atoms with Crippen molar-refractivity contribution in [1.82, 2.24) is 10.8 Å². The molecule has 0 aliphatic heterocycles. The molecular weight excluding hydrogens is 336 g/mol. The topological polar surface area (TPSA) is 119 Å². The average molecular weight is 354 g/mol. The van der Waals surface area contributed by atoms with E-state index >= 15 is 0 Å². The lowest BCUT2D eigenvalue weighted by molar-refractivity contribution is -0.133. The summed E-state index contributed by atoms with van der Waals surface area (Å²) in [5.41, 5.74) is 2.98. The van der Waals surface area contributed by atoms with Crippen LogP contribution in [0.4, 0.5) is 0 Å². The van der Waals surface area contributed by atoms with Crippen LogP contribution in [-0.4, -0.2) is 39.4 Å². The van der Waals surface area contributed by atoms with Gasteiger partial charge in [0.1, 0.15) is 11.8 Å². The average Bonchev–Trinajstić information content (AvgIpc) is 2.64. The van der Waals surface area contributed by atoms with Gasteiger partial charge in [0.2, 0.25) is 0 Å². The summed E-state index contributed by atoms with van der Waals surface area (Å²) in [6.45, 7) is 1.32. The van der Waals surface area contributed by atoms with Gasteiger partial charge >= 0.3 is 0 Å². The minimum atomic E-state index is -1.28. The summed E-state index contributed by atoms with van der Waals surface area (Å²) in [6.07, 6.45) is -1.18. The molecule has 0 spiro atoms. The molecule has 2 atom stereocenters. The number of hydrogen-bond donors (Lipinski definition) is 5. The first-order valence-electron chi connectivity index (χ1n) is 7.74. The van der Waals surface area contributed by atoms with Gasteiger partial charge in [0.25, 0.3) is 11.8 Å². The molecule has 0 bridgehead atoms. The number of aliphatic hydroxyl groups excluding tert-OH is 1. The van der Waals surface area contributed by atoms with E-state index in [-0.39, 0.29) is 11.3 Å². The number of aromatic hydroxyl groups is 1. The van der Waals surface area contributed by atoms with Crippen LogP contribution in [0.3, 0.4) is 0 Å². The summed E-state index contributed by atoms with van der Waals surface area (Å²) in [6, 6.07) is 11.6. The number of hydroxylamine groups is 1. The number of aliphatic hydroxyl groups is 1. The maximum absolute atomic E-state index is 12.2. The van der Waals surface area contributed by atoms with Crippen molar-refractivity contribution in [2.24, 2.45) is 0 Å². The molecule has 0 aliphatic carbocycles. The first kappa shape index (κ1) is 19.0. The number of rotatable bonds is 4. The van der Waals surface area contributed by atoms with E-state index in [1.54, 1.807) is 30.3 Å². The number of carbonyl (C=O) groups is 2. The van der Waals surface area contributed by atoms with Gasteiger partial charge in [-0.1, -0.05) is 17.9 Å². The molecule has 0 heterocycles. The smallest absolute Gasteiger partial charge is 0.268 e. The highest BCUT2D eigenvalue weighted by atomic mass is 16.5. The van der Waals surface area contributed by atoms with E-state index in [1.165, 1.54) is 30.6 Å². The molecule has 0 aliphatic rings. The molecule has 0 saturated carbocycles. The number of phenols is 1. The lowest BCUT2D eigenvalue weighted by Crippen LogP contribution is -2.51. The Morgan fingerprint density at radius 2 is 1.69 bits per heavy atom. The van der Waals surface area contributed by atoms with E-state index in [1.807, 2.05) is 0 Å². The molecule has 0 saturated heterocycles. The van der Waals surface area contributed by atoms with Gasteiger partial charge in [-0.25, -0.2) is 5.48 Å². The SMILES string of the molecule is CC(O)C(NC(=O)c1ccc(C#Cc2cccc(O)c2)cc1)C(=O)NO. The third-order valence-electron chi connectivity index (χ3n) is 3.51. The molecule has 2 unspecified atom stereocenters. The van der Waals surface area contributed by atoms with Crippen LogP contribution in [0.25, 0.3) is 0 Å². The summed E-state index contributed by atoms with van der Waals surface area (Å²) in [5.74, 6) is 4.44. The summed E-state index contributed by atoms with van der Waals surface area (Å²) >= 11 is 0. The van der Waals surface area contributed by atoms with Crippen LogP contribution in [0.15, 0.2) is 48.5 Å². The van der Waals surface area contributed by atoms with Crippen LogP contribution >= 0.6 is 0 Å². The van der Waals surface area contributed by atoms with Crippen LogP contribution in [0, 0.1) is 11.8 Å². The van der Waals surface area contributed by atoms with E-state index in [9.17, 15) is 19.8 Å². The Morgan fingerprint density at radius 3 is 2.27 bits per heavy atom. The monoisotopic (exact) mass is 354 g/mol. The van der Waals surface area contributed by atoms with Crippen molar-refractivity contribution in [3.05, 3.63) is 65.2 Å². The molecule has 2 aromatic rings. The molecule has 0 aromatic heterocycles. The Morgan fingerprint density at radius 1 is 1.04 bits per heavy atom. The van der Waals surface area contributed by atoms with E-state index in [0.29, 0.717) is 11.1 Å². The van der Waals surface area contributed by atoms with Crippen LogP contribution in [0.1, 0.15) is 28.4 Å². The minimum Gasteiger partial charge on any atom is -0.508 e. The second kappa shape index (κ2) is 8.67. The second-order valence-electron chi connectivity index (χ2n) is 5.55. The molecule has 26 heavy (non-hydrogen) atoms. The number of phenolic OH excluding ortho intramolecular Hbond substituents is 1. The number of benzene rings is 2. The van der Waals surface area contributed by atoms with Crippen LogP contribution < -0.4 is 10.8 Å². The Balaban J connectivity index is 2.09. The van der Waals surface area contributed by atoms with Crippen molar-refractivity contribution in [3.8, 4) is 17.6 Å². The lowest BCUT2D eigenvalue weighted by Gasteiger charge is -2.19. The fourth-order valence-corrected chi connectivity index (χ4v) is 2.13. The Labute approximate surface area is 150 Å². The Bertz CT molecular complexity index is 850. The van der Waals surface area contributed by atoms with Crippen LogP contribution in [-0.2, 0) is 4.79 Å². The normalized spacial score (nSPS) is 12.3. The van der Waals surface area contributed by atoms with Gasteiger partial charge < -0.3 is 15.5 Å². The second-order valence-corrected chi connectivity index (χ2v) is 5.55. The molecule has 7 nitrogen and oxygen atoms in total. The predicted molar refractivity (Wildman–Crippen MR) is 93.4 cm³/mol. The molecule has 2 aromatic carbocycles. The van der Waals surface area contributed by atoms with Crippen molar-refractivity contribution in [1.29, 1.82) is 0 Å². The lowest BCUT2D eigenvalue weighted by atomic mass is 10.1. The van der Waals surface area contributed by atoms with Gasteiger partial charge in [-0.05, 0) is 49.4 Å². The summed E-state index contributed by atoms with van der Waals surface area (Å²) < 4.78 is 0. The third kappa shape index (κ3) is 5.08. The van der Waals surface area contributed by atoms with Gasteiger partial charge in [-0.15, -0.1) is 0 Å². The summed E-state index contributed by atoms with van der Waals surface area (Å²) in [5, 5.41) is 29.9. The zero-order valence-electron chi connectivity index (χ0n) is 13.9. The van der Waals surface area contributed by atoms with Gasteiger partial charge in [-0.3, -0.25) is 14.8 Å². The standard InChI is InChI=1S/C19H18N2O5/c1-12(22)17(19(25)21-26)20-18(24)15-9-7-13(8-10-15)5-6-14-3-2-4-16(23)11-14/h2-4,7-12,17,22-23,26H,1H3,(H,20,24)(H,21,25). The molecule has 0 fully saturated rings. The third-order valence-corrected chi connectivity index (χ3v) is 3.51. The van der Waals surface area contributed by atoms with Crippen LogP contribution in [0.5, 0.6) is 5.75 Å². The highest BCUT2D eigenvalue weighted by Gasteiger charge is 2.25. The fourth-order valence-electron chi connectivity index (χ4n) is 2.13. The van der Waals surface area contributed by atoms with Gasteiger partial charge in [0, 0.05) is 16.7 Å². The molecule has 0 radical (unpaired) electrons. The highest BCUT2D eigenvalue weighted by Crippen LogP contribution is 2.10. The van der Waals surface area contributed by atoms with Crippen LogP contribution in [0.2, 0.25) is 0 Å². The van der Waals surface area contributed by atoms with Gasteiger partial charge in [-0.2, -0.15) is 0 Å². The highest BCUT2D eigenvalue weighted by molar-refractivity contribution is 5.97. The summed E-state index contributed by atoms with van der Waals surface area (Å²) in [7, 11) is 0. The van der Waals surface area contributed by atoms with Gasteiger partial charge in [0.15, 0.2) is 0 Å². The zero-order valence-corrected chi connectivity index (χ0v) is 13.9. The number of nitrogens with one attached hydrogen (secondary N) is 2. The first-order valence-corrected chi connectivity index (χ1v) is 7.74. The molecule has 5 N–H and O–H groups in total. The molecule has 2 rings (SSSR count). The number of hydrogen-bond acceptors (Lipinski definition) is 5. The minimum absolute atomic E-state index is 0.128. The molecular formula is C19H18N2O5. The molecule has 2 amide bonds. The summed E-state index contributed by atoms with van der Waals surface area (Å²) in [4.78, 5) is 23.6. The maximum atomic E-state index is 12.2. The maximum Gasteiger partial charge on any atom is 0.268 e. The Kier molecular flexibility index (Phi) is 6.33. The zero-order chi connectivity index (χ0) is 19.1.